The standard InChI is InChI=1S/C8H14F3N.ClH/c9-8(10,11)7(12)6-4-2-1-3-5-6;/h6-7H,1-5,12H2;1H/t7-;/m1./s1. The van der Waals surface area contributed by atoms with Crippen LogP contribution in [-0.4, -0.2) is 12.2 Å². The van der Waals surface area contributed by atoms with Crippen LogP contribution < -0.4 is 5.73 Å². The van der Waals surface area contributed by atoms with Gasteiger partial charge in [0.15, 0.2) is 0 Å². The summed E-state index contributed by atoms with van der Waals surface area (Å²) in [7, 11) is 0. The molecule has 0 bridgehead atoms. The number of alkyl halides is 3. The Morgan fingerprint density at radius 1 is 1.08 bits per heavy atom. The number of halogens is 4. The van der Waals surface area contributed by atoms with Gasteiger partial charge >= 0.3 is 6.18 Å². The highest BCUT2D eigenvalue weighted by molar-refractivity contribution is 5.85. The molecule has 0 aromatic rings. The highest BCUT2D eigenvalue weighted by Gasteiger charge is 2.41. The Bertz CT molecular complexity index is 143. The Kier molecular flexibility index (Phi) is 5.07. The molecule has 2 N–H and O–H groups in total. The average molecular weight is 218 g/mol. The van der Waals surface area contributed by atoms with Crippen molar-refractivity contribution in [2.24, 2.45) is 11.7 Å². The van der Waals surface area contributed by atoms with E-state index in [1.807, 2.05) is 0 Å². The van der Waals surface area contributed by atoms with Crippen molar-refractivity contribution >= 4 is 12.4 Å². The molecule has 0 aliphatic heterocycles. The Balaban J connectivity index is 0.00000144. The van der Waals surface area contributed by atoms with Gasteiger partial charge in [0.25, 0.3) is 0 Å². The van der Waals surface area contributed by atoms with E-state index >= 15 is 0 Å². The molecule has 13 heavy (non-hydrogen) atoms. The Morgan fingerprint density at radius 3 is 1.92 bits per heavy atom. The van der Waals surface area contributed by atoms with Crippen molar-refractivity contribution in [1.29, 1.82) is 0 Å². The summed E-state index contributed by atoms with van der Waals surface area (Å²) in [5, 5.41) is 0. The Labute approximate surface area is 82.3 Å². The van der Waals surface area contributed by atoms with Gasteiger partial charge in [-0.15, -0.1) is 12.4 Å². The van der Waals surface area contributed by atoms with Crippen LogP contribution in [0.4, 0.5) is 13.2 Å². The summed E-state index contributed by atoms with van der Waals surface area (Å²) in [4.78, 5) is 0. The van der Waals surface area contributed by atoms with Crippen LogP contribution in [0.15, 0.2) is 0 Å². The molecule has 80 valence electrons. The molecular formula is C8H15ClF3N. The first kappa shape index (κ1) is 13.0. The van der Waals surface area contributed by atoms with Gasteiger partial charge in [-0.05, 0) is 18.8 Å². The fourth-order valence-corrected chi connectivity index (χ4v) is 1.76. The van der Waals surface area contributed by atoms with Crippen molar-refractivity contribution in [2.75, 3.05) is 0 Å². The average Bonchev–Trinajstić information content (AvgIpc) is 2.03. The first-order valence-corrected chi connectivity index (χ1v) is 4.34. The summed E-state index contributed by atoms with van der Waals surface area (Å²) in [6.45, 7) is 0. The van der Waals surface area contributed by atoms with Crippen molar-refractivity contribution in [3.05, 3.63) is 0 Å². The van der Waals surface area contributed by atoms with E-state index in [0.717, 1.165) is 19.3 Å². The molecule has 1 atom stereocenters. The van der Waals surface area contributed by atoms with E-state index in [2.05, 4.69) is 0 Å². The molecule has 0 aromatic carbocycles. The lowest BCUT2D eigenvalue weighted by Crippen LogP contribution is -2.44. The van der Waals surface area contributed by atoms with Gasteiger partial charge in [0, 0.05) is 0 Å². The SMILES string of the molecule is Cl.N[C@H](C1CCCCC1)C(F)(F)F. The third-order valence-electron chi connectivity index (χ3n) is 2.54. The lowest BCUT2D eigenvalue weighted by Gasteiger charge is -2.28. The summed E-state index contributed by atoms with van der Waals surface area (Å²) in [6, 6.07) is -1.60. The van der Waals surface area contributed by atoms with Crippen molar-refractivity contribution in [3.8, 4) is 0 Å². The van der Waals surface area contributed by atoms with E-state index in [0.29, 0.717) is 12.8 Å². The maximum absolute atomic E-state index is 12.1. The summed E-state index contributed by atoms with van der Waals surface area (Å²) < 4.78 is 36.3. The van der Waals surface area contributed by atoms with Gasteiger partial charge in [-0.25, -0.2) is 0 Å². The molecule has 0 amide bonds. The molecule has 0 unspecified atom stereocenters. The van der Waals surface area contributed by atoms with Crippen molar-refractivity contribution < 1.29 is 13.2 Å². The lowest BCUT2D eigenvalue weighted by atomic mass is 9.84. The number of nitrogens with two attached hydrogens (primary N) is 1. The monoisotopic (exact) mass is 217 g/mol. The predicted octanol–water partition coefficient (Wildman–Crippen LogP) is 2.88. The quantitative estimate of drug-likeness (QED) is 0.718. The van der Waals surface area contributed by atoms with Crippen LogP contribution in [0.3, 0.4) is 0 Å². The zero-order chi connectivity index (χ0) is 9.19. The second-order valence-electron chi connectivity index (χ2n) is 3.47. The molecule has 0 heterocycles. The molecule has 1 fully saturated rings. The van der Waals surface area contributed by atoms with Gasteiger partial charge in [-0.1, -0.05) is 19.3 Å². The molecule has 0 aromatic heterocycles. The first-order chi connectivity index (χ1) is 5.52. The molecule has 1 rings (SSSR count). The smallest absolute Gasteiger partial charge is 0.320 e. The second-order valence-corrected chi connectivity index (χ2v) is 3.47. The van der Waals surface area contributed by atoms with Crippen molar-refractivity contribution in [1.82, 2.24) is 0 Å². The predicted molar refractivity (Wildman–Crippen MR) is 47.9 cm³/mol. The minimum atomic E-state index is -4.21. The summed E-state index contributed by atoms with van der Waals surface area (Å²) in [5.41, 5.74) is 5.10. The third kappa shape index (κ3) is 3.73. The molecule has 1 saturated carbocycles. The third-order valence-corrected chi connectivity index (χ3v) is 2.54. The molecule has 1 nitrogen and oxygen atoms in total. The molecule has 1 aliphatic carbocycles. The molecule has 0 radical (unpaired) electrons. The van der Waals surface area contributed by atoms with E-state index in [4.69, 9.17) is 5.73 Å². The molecule has 1 aliphatic rings. The molecular weight excluding hydrogens is 203 g/mol. The number of rotatable bonds is 1. The number of hydrogen-bond acceptors (Lipinski definition) is 1. The van der Waals surface area contributed by atoms with Crippen LogP contribution in [0.1, 0.15) is 32.1 Å². The van der Waals surface area contributed by atoms with Gasteiger partial charge in [-0.2, -0.15) is 13.2 Å². The van der Waals surface area contributed by atoms with Crippen molar-refractivity contribution in [2.45, 2.75) is 44.3 Å². The van der Waals surface area contributed by atoms with Crippen LogP contribution in [0.2, 0.25) is 0 Å². The van der Waals surface area contributed by atoms with Gasteiger partial charge < -0.3 is 5.73 Å². The van der Waals surface area contributed by atoms with Crippen LogP contribution >= 0.6 is 12.4 Å². The highest BCUT2D eigenvalue weighted by Crippen LogP contribution is 2.32. The van der Waals surface area contributed by atoms with Crippen molar-refractivity contribution in [3.63, 3.8) is 0 Å². The Hall–Kier alpha value is 0.0400. The fraction of sp³-hybridized carbons (Fsp3) is 1.00. The van der Waals surface area contributed by atoms with Crippen LogP contribution in [0, 0.1) is 5.92 Å². The van der Waals surface area contributed by atoms with Crippen LogP contribution in [0.25, 0.3) is 0 Å². The van der Waals surface area contributed by atoms with Gasteiger partial charge in [0.2, 0.25) is 0 Å². The van der Waals surface area contributed by atoms with Gasteiger partial charge in [0.05, 0.1) is 0 Å². The van der Waals surface area contributed by atoms with Crippen LogP contribution in [0.5, 0.6) is 0 Å². The zero-order valence-electron chi connectivity index (χ0n) is 7.31. The minimum Gasteiger partial charge on any atom is -0.320 e. The lowest BCUT2D eigenvalue weighted by molar-refractivity contribution is -0.161. The first-order valence-electron chi connectivity index (χ1n) is 4.34. The van der Waals surface area contributed by atoms with Gasteiger partial charge in [-0.3, -0.25) is 0 Å². The highest BCUT2D eigenvalue weighted by atomic mass is 35.5. The summed E-state index contributed by atoms with van der Waals surface area (Å²) in [6.07, 6.45) is -0.0761. The molecule has 0 saturated heterocycles. The van der Waals surface area contributed by atoms with E-state index in [-0.39, 0.29) is 18.3 Å². The maximum atomic E-state index is 12.1. The minimum absolute atomic E-state index is 0. The van der Waals surface area contributed by atoms with E-state index in [1.165, 1.54) is 0 Å². The topological polar surface area (TPSA) is 26.0 Å². The number of hydrogen-bond donors (Lipinski definition) is 1. The largest absolute Gasteiger partial charge is 0.403 e. The maximum Gasteiger partial charge on any atom is 0.403 e. The fourth-order valence-electron chi connectivity index (χ4n) is 1.76. The molecule has 0 spiro atoms. The Morgan fingerprint density at radius 2 is 1.54 bits per heavy atom. The van der Waals surface area contributed by atoms with E-state index < -0.39 is 12.2 Å². The summed E-state index contributed by atoms with van der Waals surface area (Å²) in [5.74, 6) is -0.334. The molecule has 5 heteroatoms. The van der Waals surface area contributed by atoms with E-state index in [1.54, 1.807) is 0 Å². The zero-order valence-corrected chi connectivity index (χ0v) is 8.13. The second kappa shape index (κ2) is 5.05. The normalized spacial score (nSPS) is 22.2. The van der Waals surface area contributed by atoms with Gasteiger partial charge in [0.1, 0.15) is 6.04 Å². The summed E-state index contributed by atoms with van der Waals surface area (Å²) >= 11 is 0. The van der Waals surface area contributed by atoms with Crippen LogP contribution in [-0.2, 0) is 0 Å². The van der Waals surface area contributed by atoms with E-state index in [9.17, 15) is 13.2 Å².